The number of nitrogens with two attached hydrogens (primary N) is 1. The van der Waals surface area contributed by atoms with Crippen LogP contribution in [0.4, 0.5) is 0 Å². The molecule has 1 fully saturated rings. The van der Waals surface area contributed by atoms with Gasteiger partial charge < -0.3 is 10.8 Å². The van der Waals surface area contributed by atoms with Crippen LogP contribution >= 0.6 is 0 Å². The zero-order chi connectivity index (χ0) is 23.5. The number of hydrogen-bond donors (Lipinski definition) is 2. The molecule has 6 rings (SSSR count). The van der Waals surface area contributed by atoms with Gasteiger partial charge in [0.2, 0.25) is 0 Å². The van der Waals surface area contributed by atoms with Crippen LogP contribution in [0.2, 0.25) is 0 Å². The van der Waals surface area contributed by atoms with Gasteiger partial charge in [0.25, 0.3) is 0 Å². The number of benzene rings is 2. The number of aromatic nitrogens is 5. The molecular formula is C27H26N6O. The zero-order valence-electron chi connectivity index (χ0n) is 19.2. The second kappa shape index (κ2) is 7.41. The van der Waals surface area contributed by atoms with Gasteiger partial charge in [-0.15, -0.1) is 10.2 Å². The van der Waals surface area contributed by atoms with E-state index in [9.17, 15) is 5.11 Å². The number of nitrogens with zero attached hydrogens (tertiary/aromatic N) is 5. The van der Waals surface area contributed by atoms with Crippen LogP contribution < -0.4 is 5.73 Å². The number of pyridine rings is 1. The van der Waals surface area contributed by atoms with E-state index in [4.69, 9.17) is 15.7 Å². The molecule has 1 aliphatic carbocycles. The first-order valence-corrected chi connectivity index (χ1v) is 11.6. The molecule has 1 saturated carbocycles. The molecule has 3 heterocycles. The summed E-state index contributed by atoms with van der Waals surface area (Å²) < 4.78 is 1.99. The summed E-state index contributed by atoms with van der Waals surface area (Å²) in [6.45, 7) is 3.89. The van der Waals surface area contributed by atoms with Crippen LogP contribution in [0.15, 0.2) is 66.7 Å². The summed E-state index contributed by atoms with van der Waals surface area (Å²) in [4.78, 5) is 10.2. The number of aryl methyl sites for hydroxylation is 1. The maximum atomic E-state index is 10.2. The van der Waals surface area contributed by atoms with Gasteiger partial charge in [0.05, 0.1) is 17.0 Å². The summed E-state index contributed by atoms with van der Waals surface area (Å²) in [6.07, 6.45) is 1.86. The number of rotatable bonds is 4. The maximum Gasteiger partial charge on any atom is 0.166 e. The van der Waals surface area contributed by atoms with E-state index >= 15 is 0 Å². The van der Waals surface area contributed by atoms with Gasteiger partial charge in [-0.3, -0.25) is 4.40 Å². The molecule has 0 spiro atoms. The van der Waals surface area contributed by atoms with Gasteiger partial charge >= 0.3 is 0 Å². The number of hydrogen-bond acceptors (Lipinski definition) is 6. The van der Waals surface area contributed by atoms with Crippen molar-refractivity contribution in [1.29, 1.82) is 0 Å². The molecule has 7 heteroatoms. The van der Waals surface area contributed by atoms with Gasteiger partial charge in [0, 0.05) is 23.1 Å². The summed E-state index contributed by atoms with van der Waals surface area (Å²) in [5.74, 6) is 0.857. The SMILES string of the molecule is CCc1nnc2ccc3nc(-c4ccc([C@]5(N)C[C@](C)(O)C5)cc4)c(-c4ccccc4)nc3n12. The molecule has 0 saturated heterocycles. The first kappa shape index (κ1) is 20.9. The lowest BCUT2D eigenvalue weighted by molar-refractivity contribution is -0.0738. The van der Waals surface area contributed by atoms with E-state index in [2.05, 4.69) is 17.1 Å². The molecule has 0 amide bonds. The molecule has 0 aliphatic heterocycles. The minimum absolute atomic E-state index is 0.490. The van der Waals surface area contributed by atoms with Gasteiger partial charge in [-0.05, 0) is 37.5 Å². The summed E-state index contributed by atoms with van der Waals surface area (Å²) in [6, 6.07) is 22.2. The van der Waals surface area contributed by atoms with Crippen molar-refractivity contribution in [3.8, 4) is 22.5 Å². The van der Waals surface area contributed by atoms with Crippen LogP contribution in [0.3, 0.4) is 0 Å². The first-order valence-electron chi connectivity index (χ1n) is 11.6. The Morgan fingerprint density at radius 3 is 2.24 bits per heavy atom. The molecule has 0 radical (unpaired) electrons. The highest BCUT2D eigenvalue weighted by Crippen LogP contribution is 2.46. The Morgan fingerprint density at radius 2 is 1.56 bits per heavy atom. The van der Waals surface area contributed by atoms with E-state index in [1.165, 1.54) is 0 Å². The van der Waals surface area contributed by atoms with E-state index < -0.39 is 11.1 Å². The molecular weight excluding hydrogens is 424 g/mol. The van der Waals surface area contributed by atoms with Crippen LogP contribution in [0, 0.1) is 0 Å². The smallest absolute Gasteiger partial charge is 0.166 e. The number of aliphatic hydroxyl groups is 1. The van der Waals surface area contributed by atoms with Gasteiger partial charge in [-0.2, -0.15) is 0 Å². The van der Waals surface area contributed by atoms with Crippen molar-refractivity contribution >= 4 is 16.8 Å². The summed E-state index contributed by atoms with van der Waals surface area (Å²) >= 11 is 0. The standard InChI is InChI=1S/C27H26N6O/c1-3-21-31-32-22-14-13-20-25(33(21)22)30-24(17-7-5-4-6-8-17)23(29-20)18-9-11-19(12-10-18)27(28)15-26(2,34)16-27/h4-14,34H,3,15-16,28H2,1-2H3/t26-,27-. The van der Waals surface area contributed by atoms with Crippen molar-refractivity contribution in [2.75, 3.05) is 0 Å². The van der Waals surface area contributed by atoms with Crippen molar-refractivity contribution in [3.05, 3.63) is 78.1 Å². The van der Waals surface area contributed by atoms with Gasteiger partial charge in [-0.1, -0.05) is 61.5 Å². The fourth-order valence-electron chi connectivity index (χ4n) is 5.24. The van der Waals surface area contributed by atoms with E-state index in [0.29, 0.717) is 12.8 Å². The van der Waals surface area contributed by atoms with E-state index in [0.717, 1.165) is 57.1 Å². The quantitative estimate of drug-likeness (QED) is 0.424. The van der Waals surface area contributed by atoms with Crippen molar-refractivity contribution < 1.29 is 5.11 Å². The minimum Gasteiger partial charge on any atom is -0.390 e. The van der Waals surface area contributed by atoms with Crippen molar-refractivity contribution in [3.63, 3.8) is 0 Å². The Labute approximate surface area is 197 Å². The van der Waals surface area contributed by atoms with Crippen LogP contribution in [-0.4, -0.2) is 35.3 Å². The third kappa shape index (κ3) is 3.28. The van der Waals surface area contributed by atoms with Gasteiger partial charge in [-0.25, -0.2) is 9.97 Å². The van der Waals surface area contributed by atoms with Crippen molar-refractivity contribution in [2.45, 2.75) is 44.2 Å². The lowest BCUT2D eigenvalue weighted by atomic mass is 9.63. The molecule has 3 N–H and O–H groups in total. The second-order valence-electron chi connectivity index (χ2n) is 9.58. The van der Waals surface area contributed by atoms with E-state index in [1.54, 1.807) is 0 Å². The van der Waals surface area contributed by atoms with Crippen LogP contribution in [0.5, 0.6) is 0 Å². The Kier molecular flexibility index (Phi) is 4.56. The molecule has 5 aromatic rings. The second-order valence-corrected chi connectivity index (χ2v) is 9.58. The van der Waals surface area contributed by atoms with Gasteiger partial charge in [0.15, 0.2) is 11.3 Å². The maximum absolute atomic E-state index is 10.2. The molecule has 170 valence electrons. The van der Waals surface area contributed by atoms with E-state index in [-0.39, 0.29) is 0 Å². The fraction of sp³-hybridized carbons (Fsp3) is 0.259. The lowest BCUT2D eigenvalue weighted by Crippen LogP contribution is -2.58. The Bertz CT molecular complexity index is 1510. The molecule has 0 atom stereocenters. The largest absolute Gasteiger partial charge is 0.390 e. The normalized spacial score (nSPS) is 22.2. The Morgan fingerprint density at radius 1 is 0.882 bits per heavy atom. The fourth-order valence-corrected chi connectivity index (χ4v) is 5.24. The van der Waals surface area contributed by atoms with Crippen molar-refractivity contribution in [1.82, 2.24) is 24.6 Å². The average Bonchev–Trinajstić information content (AvgIpc) is 3.26. The molecule has 3 aromatic heterocycles. The van der Waals surface area contributed by atoms with Crippen LogP contribution in [-0.2, 0) is 12.0 Å². The third-order valence-corrected chi connectivity index (χ3v) is 6.75. The highest BCUT2D eigenvalue weighted by Gasteiger charge is 2.49. The zero-order valence-corrected chi connectivity index (χ0v) is 19.2. The molecule has 7 nitrogen and oxygen atoms in total. The summed E-state index contributed by atoms with van der Waals surface area (Å²) in [5, 5.41) is 18.8. The molecule has 0 unspecified atom stereocenters. The van der Waals surface area contributed by atoms with Gasteiger partial charge in [0.1, 0.15) is 11.3 Å². The molecule has 34 heavy (non-hydrogen) atoms. The monoisotopic (exact) mass is 450 g/mol. The minimum atomic E-state index is -0.692. The summed E-state index contributed by atoms with van der Waals surface area (Å²) in [7, 11) is 0. The summed E-state index contributed by atoms with van der Waals surface area (Å²) in [5.41, 5.74) is 12.3. The predicted molar refractivity (Wildman–Crippen MR) is 132 cm³/mol. The third-order valence-electron chi connectivity index (χ3n) is 6.75. The van der Waals surface area contributed by atoms with Crippen LogP contribution in [0.25, 0.3) is 39.3 Å². The molecule has 2 aromatic carbocycles. The average molecular weight is 451 g/mol. The Balaban J connectivity index is 1.53. The van der Waals surface area contributed by atoms with Crippen molar-refractivity contribution in [2.24, 2.45) is 5.73 Å². The van der Waals surface area contributed by atoms with Crippen LogP contribution in [0.1, 0.15) is 38.1 Å². The highest BCUT2D eigenvalue weighted by atomic mass is 16.3. The number of fused-ring (bicyclic) bond motifs is 3. The highest BCUT2D eigenvalue weighted by molar-refractivity contribution is 5.86. The topological polar surface area (TPSA) is 102 Å². The predicted octanol–water partition coefficient (Wildman–Crippen LogP) is 4.27. The molecule has 1 aliphatic rings. The van der Waals surface area contributed by atoms with E-state index in [1.807, 2.05) is 78.1 Å². The lowest BCUT2D eigenvalue weighted by Gasteiger charge is -2.49. The molecule has 0 bridgehead atoms. The Hall–Kier alpha value is -3.68. The first-order chi connectivity index (χ1) is 16.4.